The molecule has 96 valence electrons. The van der Waals surface area contributed by atoms with Gasteiger partial charge in [0, 0.05) is 26.2 Å². The second-order valence-corrected chi connectivity index (χ2v) is 6.05. The third kappa shape index (κ3) is 5.86. The molecule has 2 nitrogen and oxygen atoms in total. The molecule has 0 amide bonds. The second kappa shape index (κ2) is 7.29. The summed E-state index contributed by atoms with van der Waals surface area (Å²) < 4.78 is 0. The minimum Gasteiger partial charge on any atom is -0.301 e. The molecule has 16 heavy (non-hydrogen) atoms. The Morgan fingerprint density at radius 2 is 1.00 bits per heavy atom. The van der Waals surface area contributed by atoms with E-state index in [0.29, 0.717) is 0 Å². The van der Waals surface area contributed by atoms with Crippen LogP contribution in [0.5, 0.6) is 0 Å². The summed E-state index contributed by atoms with van der Waals surface area (Å²) in [6.45, 7) is 17.0. The van der Waals surface area contributed by atoms with Crippen LogP contribution in [0.1, 0.15) is 40.5 Å². The first-order valence-corrected chi connectivity index (χ1v) is 7.02. The highest BCUT2D eigenvalue weighted by Crippen LogP contribution is 2.08. The van der Waals surface area contributed by atoms with Gasteiger partial charge < -0.3 is 9.80 Å². The van der Waals surface area contributed by atoms with E-state index in [1.165, 1.54) is 52.1 Å². The largest absolute Gasteiger partial charge is 0.301 e. The minimum absolute atomic E-state index is 0.846. The fraction of sp³-hybridized carbons (Fsp3) is 1.00. The average Bonchev–Trinajstić information content (AvgIpc) is 2.25. The zero-order chi connectivity index (χ0) is 12.0. The Hall–Kier alpha value is -0.0800. The molecule has 0 unspecified atom stereocenters. The van der Waals surface area contributed by atoms with Crippen molar-refractivity contribution < 1.29 is 0 Å². The number of hydrogen-bond donors (Lipinski definition) is 0. The smallest absolute Gasteiger partial charge is 0.0110 e. The van der Waals surface area contributed by atoms with Gasteiger partial charge in [0.1, 0.15) is 0 Å². The van der Waals surface area contributed by atoms with Gasteiger partial charge in [0.2, 0.25) is 0 Å². The van der Waals surface area contributed by atoms with Crippen molar-refractivity contribution in [1.82, 2.24) is 9.80 Å². The summed E-state index contributed by atoms with van der Waals surface area (Å²) in [5, 5.41) is 0. The van der Waals surface area contributed by atoms with Gasteiger partial charge in [-0.15, -0.1) is 0 Å². The van der Waals surface area contributed by atoms with Crippen molar-refractivity contribution in [3.05, 3.63) is 0 Å². The molecular weight excluding hydrogens is 196 g/mol. The van der Waals surface area contributed by atoms with Gasteiger partial charge in [0.05, 0.1) is 0 Å². The standard InChI is InChI=1S/C14H30N2/c1-13(2)5-7-15-9-11-16(12-10-15)8-6-14(3)4/h13-14H,5-12H2,1-4H3. The van der Waals surface area contributed by atoms with Gasteiger partial charge in [-0.3, -0.25) is 0 Å². The highest BCUT2D eigenvalue weighted by Gasteiger charge is 2.16. The zero-order valence-electron chi connectivity index (χ0n) is 11.7. The van der Waals surface area contributed by atoms with E-state index in [1.807, 2.05) is 0 Å². The SMILES string of the molecule is CC(C)CCN1CCN(CCC(C)C)CC1. The molecule has 0 bridgehead atoms. The van der Waals surface area contributed by atoms with Gasteiger partial charge in [-0.1, -0.05) is 27.7 Å². The minimum atomic E-state index is 0.846. The van der Waals surface area contributed by atoms with E-state index in [-0.39, 0.29) is 0 Å². The van der Waals surface area contributed by atoms with Crippen LogP contribution in [0, 0.1) is 11.8 Å². The van der Waals surface area contributed by atoms with Gasteiger partial charge in [0.15, 0.2) is 0 Å². The third-order valence-corrected chi connectivity index (χ3v) is 3.51. The predicted molar refractivity (Wildman–Crippen MR) is 71.8 cm³/mol. The Labute approximate surface area is 102 Å². The molecule has 0 radical (unpaired) electrons. The average molecular weight is 226 g/mol. The van der Waals surface area contributed by atoms with Crippen LogP contribution in [0.4, 0.5) is 0 Å². The van der Waals surface area contributed by atoms with Crippen molar-refractivity contribution in [1.29, 1.82) is 0 Å². The van der Waals surface area contributed by atoms with Crippen LogP contribution in [-0.2, 0) is 0 Å². The van der Waals surface area contributed by atoms with E-state index < -0.39 is 0 Å². The molecule has 0 saturated carbocycles. The van der Waals surface area contributed by atoms with Crippen molar-refractivity contribution in [2.24, 2.45) is 11.8 Å². The predicted octanol–water partition coefficient (Wildman–Crippen LogP) is 2.70. The molecule has 2 heteroatoms. The molecule has 0 aliphatic carbocycles. The molecule has 0 aromatic carbocycles. The number of piperazine rings is 1. The lowest BCUT2D eigenvalue weighted by Crippen LogP contribution is -2.47. The topological polar surface area (TPSA) is 6.48 Å². The summed E-state index contributed by atoms with van der Waals surface area (Å²) in [7, 11) is 0. The highest BCUT2D eigenvalue weighted by molar-refractivity contribution is 4.72. The van der Waals surface area contributed by atoms with Crippen LogP contribution in [0.3, 0.4) is 0 Å². The van der Waals surface area contributed by atoms with Crippen molar-refractivity contribution in [3.8, 4) is 0 Å². The number of rotatable bonds is 6. The third-order valence-electron chi connectivity index (χ3n) is 3.51. The fourth-order valence-corrected chi connectivity index (χ4v) is 2.12. The van der Waals surface area contributed by atoms with Gasteiger partial charge in [-0.05, 0) is 37.8 Å². The quantitative estimate of drug-likeness (QED) is 0.687. The molecule has 0 aromatic heterocycles. The van der Waals surface area contributed by atoms with E-state index in [1.54, 1.807) is 0 Å². The summed E-state index contributed by atoms with van der Waals surface area (Å²) in [6, 6.07) is 0. The molecule has 1 rings (SSSR count). The van der Waals surface area contributed by atoms with Gasteiger partial charge in [0.25, 0.3) is 0 Å². The van der Waals surface area contributed by atoms with Gasteiger partial charge >= 0.3 is 0 Å². The molecule has 0 atom stereocenters. The number of nitrogens with zero attached hydrogens (tertiary/aromatic N) is 2. The Kier molecular flexibility index (Phi) is 6.37. The van der Waals surface area contributed by atoms with Gasteiger partial charge in [-0.2, -0.15) is 0 Å². The van der Waals surface area contributed by atoms with Crippen LogP contribution >= 0.6 is 0 Å². The van der Waals surface area contributed by atoms with E-state index in [9.17, 15) is 0 Å². The molecule has 0 aromatic rings. The monoisotopic (exact) mass is 226 g/mol. The summed E-state index contributed by atoms with van der Waals surface area (Å²) in [5.74, 6) is 1.69. The van der Waals surface area contributed by atoms with Crippen molar-refractivity contribution >= 4 is 0 Å². The van der Waals surface area contributed by atoms with E-state index in [0.717, 1.165) is 11.8 Å². The Morgan fingerprint density at radius 1 is 0.688 bits per heavy atom. The molecule has 1 aliphatic heterocycles. The molecule has 1 aliphatic rings. The second-order valence-electron chi connectivity index (χ2n) is 6.05. The van der Waals surface area contributed by atoms with Crippen molar-refractivity contribution in [2.75, 3.05) is 39.3 Å². The first-order valence-electron chi connectivity index (χ1n) is 7.02. The maximum absolute atomic E-state index is 2.63. The van der Waals surface area contributed by atoms with Crippen LogP contribution in [-0.4, -0.2) is 49.1 Å². The molecule has 1 fully saturated rings. The summed E-state index contributed by atoms with van der Waals surface area (Å²) in [6.07, 6.45) is 2.71. The summed E-state index contributed by atoms with van der Waals surface area (Å²) >= 11 is 0. The molecule has 1 saturated heterocycles. The Morgan fingerprint density at radius 3 is 1.25 bits per heavy atom. The van der Waals surface area contributed by atoms with Crippen LogP contribution in [0.25, 0.3) is 0 Å². The fourth-order valence-electron chi connectivity index (χ4n) is 2.12. The van der Waals surface area contributed by atoms with Crippen LogP contribution in [0.2, 0.25) is 0 Å². The molecule has 0 N–H and O–H groups in total. The first kappa shape index (κ1) is 14.0. The van der Waals surface area contributed by atoms with E-state index in [2.05, 4.69) is 37.5 Å². The normalized spacial score (nSPS) is 19.9. The lowest BCUT2D eigenvalue weighted by atomic mass is 10.1. The molecule has 1 heterocycles. The lowest BCUT2D eigenvalue weighted by molar-refractivity contribution is 0.124. The first-order chi connectivity index (χ1) is 7.58. The van der Waals surface area contributed by atoms with E-state index >= 15 is 0 Å². The maximum Gasteiger partial charge on any atom is 0.0110 e. The summed E-state index contributed by atoms with van der Waals surface area (Å²) in [5.41, 5.74) is 0. The maximum atomic E-state index is 2.63. The van der Waals surface area contributed by atoms with Crippen LogP contribution in [0.15, 0.2) is 0 Å². The Balaban J connectivity index is 2.09. The number of hydrogen-bond acceptors (Lipinski definition) is 2. The van der Waals surface area contributed by atoms with Crippen molar-refractivity contribution in [2.45, 2.75) is 40.5 Å². The van der Waals surface area contributed by atoms with Crippen LogP contribution < -0.4 is 0 Å². The van der Waals surface area contributed by atoms with E-state index in [4.69, 9.17) is 0 Å². The van der Waals surface area contributed by atoms with Crippen molar-refractivity contribution in [3.63, 3.8) is 0 Å². The zero-order valence-corrected chi connectivity index (χ0v) is 11.7. The van der Waals surface area contributed by atoms with Gasteiger partial charge in [-0.25, -0.2) is 0 Å². The Bertz CT molecular complexity index is 150. The summed E-state index contributed by atoms with van der Waals surface area (Å²) in [4.78, 5) is 5.26. The lowest BCUT2D eigenvalue weighted by Gasteiger charge is -2.35. The molecule has 0 spiro atoms. The molecular formula is C14H30N2. The highest BCUT2D eigenvalue weighted by atomic mass is 15.3.